The van der Waals surface area contributed by atoms with E-state index < -0.39 is 6.10 Å². The van der Waals surface area contributed by atoms with Crippen LogP contribution in [0.1, 0.15) is 13.3 Å². The van der Waals surface area contributed by atoms with Crippen molar-refractivity contribution >= 4 is 5.91 Å². The molecule has 0 radical (unpaired) electrons. The first-order valence-corrected chi connectivity index (χ1v) is 5.78. The van der Waals surface area contributed by atoms with Gasteiger partial charge >= 0.3 is 0 Å². The number of carbonyl (C=O) groups excluding carboxylic acids is 1. The van der Waals surface area contributed by atoms with Crippen LogP contribution in [0.4, 0.5) is 0 Å². The molecule has 6 nitrogen and oxygen atoms in total. The van der Waals surface area contributed by atoms with Gasteiger partial charge in [0.05, 0.1) is 18.8 Å². The fourth-order valence-corrected chi connectivity index (χ4v) is 1.24. The lowest BCUT2D eigenvalue weighted by molar-refractivity contribution is -0.122. The third-order valence-electron chi connectivity index (χ3n) is 2.24. The number of hydrogen-bond acceptors (Lipinski definition) is 5. The van der Waals surface area contributed by atoms with E-state index in [1.807, 2.05) is 0 Å². The van der Waals surface area contributed by atoms with Crippen LogP contribution in [-0.4, -0.2) is 63.7 Å². The Morgan fingerprint density at radius 2 is 2.06 bits per heavy atom. The molecule has 2 atom stereocenters. The average Bonchev–Trinajstić information content (AvgIpc) is 2.31. The van der Waals surface area contributed by atoms with Crippen LogP contribution < -0.4 is 10.6 Å². The van der Waals surface area contributed by atoms with Gasteiger partial charge in [-0.05, 0) is 13.3 Å². The smallest absolute Gasteiger partial charge is 0.236 e. The predicted molar refractivity (Wildman–Crippen MR) is 64.9 cm³/mol. The molecular weight excluding hydrogens is 224 g/mol. The van der Waals surface area contributed by atoms with Crippen LogP contribution in [0.5, 0.6) is 0 Å². The van der Waals surface area contributed by atoms with E-state index >= 15 is 0 Å². The van der Waals surface area contributed by atoms with Crippen molar-refractivity contribution in [1.29, 1.82) is 0 Å². The van der Waals surface area contributed by atoms with Crippen molar-refractivity contribution in [2.45, 2.75) is 25.5 Å². The van der Waals surface area contributed by atoms with Crippen LogP contribution in [-0.2, 0) is 14.3 Å². The van der Waals surface area contributed by atoms with E-state index in [9.17, 15) is 9.90 Å². The highest BCUT2D eigenvalue weighted by Gasteiger charge is 2.13. The highest BCUT2D eigenvalue weighted by Crippen LogP contribution is 1.87. The van der Waals surface area contributed by atoms with E-state index in [-0.39, 0.29) is 18.6 Å². The molecule has 0 aromatic rings. The van der Waals surface area contributed by atoms with Crippen molar-refractivity contribution < 1.29 is 19.4 Å². The second kappa shape index (κ2) is 10.5. The molecule has 0 spiro atoms. The van der Waals surface area contributed by atoms with Gasteiger partial charge in [0.15, 0.2) is 0 Å². The Bertz CT molecular complexity index is 202. The number of nitrogens with one attached hydrogen (secondary N) is 2. The molecule has 0 aliphatic heterocycles. The molecule has 1 amide bonds. The SMILES string of the molecule is COCCCNC(=O)C(C)NCC(O)COC. The molecule has 102 valence electrons. The molecule has 3 N–H and O–H groups in total. The van der Waals surface area contributed by atoms with Gasteiger partial charge in [-0.2, -0.15) is 0 Å². The lowest BCUT2D eigenvalue weighted by Gasteiger charge is -2.16. The average molecular weight is 248 g/mol. The number of methoxy groups -OCH3 is 2. The molecule has 0 saturated carbocycles. The molecule has 6 heteroatoms. The standard InChI is InChI=1S/C11H24N2O4/c1-9(13-7-10(14)8-17-3)11(15)12-5-4-6-16-2/h9-10,13-14H,4-8H2,1-3H3,(H,12,15). The van der Waals surface area contributed by atoms with Gasteiger partial charge in [0.25, 0.3) is 0 Å². The topological polar surface area (TPSA) is 79.8 Å². The number of rotatable bonds is 10. The van der Waals surface area contributed by atoms with Crippen LogP contribution in [0.3, 0.4) is 0 Å². The van der Waals surface area contributed by atoms with E-state index in [0.29, 0.717) is 19.7 Å². The maximum atomic E-state index is 11.5. The number of ether oxygens (including phenoxy) is 2. The van der Waals surface area contributed by atoms with Gasteiger partial charge in [0.2, 0.25) is 5.91 Å². The maximum Gasteiger partial charge on any atom is 0.236 e. The van der Waals surface area contributed by atoms with E-state index in [1.54, 1.807) is 14.0 Å². The summed E-state index contributed by atoms with van der Waals surface area (Å²) in [5.41, 5.74) is 0. The Balaban J connectivity index is 3.59. The third-order valence-corrected chi connectivity index (χ3v) is 2.24. The molecule has 0 aliphatic carbocycles. The summed E-state index contributed by atoms with van der Waals surface area (Å²) < 4.78 is 9.66. The molecule has 0 aliphatic rings. The number of carbonyl (C=O) groups is 1. The predicted octanol–water partition coefficient (Wildman–Crippen LogP) is -0.875. The quantitative estimate of drug-likeness (QED) is 0.438. The van der Waals surface area contributed by atoms with Gasteiger partial charge < -0.3 is 25.2 Å². The summed E-state index contributed by atoms with van der Waals surface area (Å²) in [5.74, 6) is -0.0780. The summed E-state index contributed by atoms with van der Waals surface area (Å²) in [6.07, 6.45) is 0.199. The Labute approximate surface area is 103 Å². The van der Waals surface area contributed by atoms with Crippen LogP contribution in [0.2, 0.25) is 0 Å². The van der Waals surface area contributed by atoms with Crippen molar-refractivity contribution in [2.75, 3.05) is 40.5 Å². The summed E-state index contributed by atoms with van der Waals surface area (Å²) in [4.78, 5) is 11.5. The van der Waals surface area contributed by atoms with Crippen LogP contribution in [0, 0.1) is 0 Å². The minimum atomic E-state index is -0.594. The summed E-state index contributed by atoms with van der Waals surface area (Å²) >= 11 is 0. The minimum Gasteiger partial charge on any atom is -0.389 e. The second-order valence-electron chi connectivity index (χ2n) is 3.88. The van der Waals surface area contributed by atoms with Crippen molar-refractivity contribution in [1.82, 2.24) is 10.6 Å². The Morgan fingerprint density at radius 3 is 2.65 bits per heavy atom. The van der Waals surface area contributed by atoms with E-state index in [1.165, 1.54) is 7.11 Å². The molecule has 17 heavy (non-hydrogen) atoms. The number of amides is 1. The van der Waals surface area contributed by atoms with Crippen LogP contribution in [0.25, 0.3) is 0 Å². The van der Waals surface area contributed by atoms with Crippen molar-refractivity contribution in [3.8, 4) is 0 Å². The third kappa shape index (κ3) is 9.05. The first kappa shape index (κ1) is 16.3. The maximum absolute atomic E-state index is 11.5. The lowest BCUT2D eigenvalue weighted by Crippen LogP contribution is -2.45. The number of aliphatic hydroxyl groups excluding tert-OH is 1. The first-order chi connectivity index (χ1) is 8.11. The fraction of sp³-hybridized carbons (Fsp3) is 0.909. The Hall–Kier alpha value is -0.690. The lowest BCUT2D eigenvalue weighted by atomic mass is 10.2. The second-order valence-corrected chi connectivity index (χ2v) is 3.88. The molecule has 0 aromatic heterocycles. The summed E-state index contributed by atoms with van der Waals surface area (Å²) in [6.45, 7) is 3.58. The molecule has 0 fully saturated rings. The minimum absolute atomic E-state index is 0.0780. The Kier molecular flexibility index (Phi) is 10.0. The zero-order chi connectivity index (χ0) is 13.1. The van der Waals surface area contributed by atoms with Gasteiger partial charge in [-0.15, -0.1) is 0 Å². The molecule has 0 bridgehead atoms. The van der Waals surface area contributed by atoms with Gasteiger partial charge in [-0.1, -0.05) is 0 Å². The van der Waals surface area contributed by atoms with Gasteiger partial charge in [-0.3, -0.25) is 4.79 Å². The molecule has 2 unspecified atom stereocenters. The normalized spacial score (nSPS) is 14.4. The number of hydrogen-bond donors (Lipinski definition) is 3. The van der Waals surface area contributed by atoms with Gasteiger partial charge in [0, 0.05) is 33.9 Å². The van der Waals surface area contributed by atoms with Gasteiger partial charge in [-0.25, -0.2) is 0 Å². The largest absolute Gasteiger partial charge is 0.389 e. The van der Waals surface area contributed by atoms with Crippen molar-refractivity contribution in [3.05, 3.63) is 0 Å². The summed E-state index contributed by atoms with van der Waals surface area (Å²) in [5, 5.41) is 15.1. The molecular formula is C11H24N2O4. The highest BCUT2D eigenvalue weighted by molar-refractivity contribution is 5.81. The zero-order valence-electron chi connectivity index (χ0n) is 10.9. The van der Waals surface area contributed by atoms with E-state index in [0.717, 1.165) is 6.42 Å². The summed E-state index contributed by atoms with van der Waals surface area (Å²) in [6, 6.07) is -0.330. The fourth-order valence-electron chi connectivity index (χ4n) is 1.24. The monoisotopic (exact) mass is 248 g/mol. The molecule has 0 saturated heterocycles. The summed E-state index contributed by atoms with van der Waals surface area (Å²) in [7, 11) is 3.15. The van der Waals surface area contributed by atoms with E-state index in [4.69, 9.17) is 9.47 Å². The van der Waals surface area contributed by atoms with Gasteiger partial charge in [0.1, 0.15) is 0 Å². The number of aliphatic hydroxyl groups is 1. The van der Waals surface area contributed by atoms with Crippen LogP contribution >= 0.6 is 0 Å². The Morgan fingerprint density at radius 1 is 1.35 bits per heavy atom. The molecule has 0 heterocycles. The highest BCUT2D eigenvalue weighted by atomic mass is 16.5. The van der Waals surface area contributed by atoms with Crippen molar-refractivity contribution in [3.63, 3.8) is 0 Å². The van der Waals surface area contributed by atoms with Crippen molar-refractivity contribution in [2.24, 2.45) is 0 Å². The van der Waals surface area contributed by atoms with Crippen LogP contribution in [0.15, 0.2) is 0 Å². The zero-order valence-corrected chi connectivity index (χ0v) is 10.9. The molecule has 0 rings (SSSR count). The molecule has 0 aromatic carbocycles. The first-order valence-electron chi connectivity index (χ1n) is 5.78. The van der Waals surface area contributed by atoms with E-state index in [2.05, 4.69) is 10.6 Å².